The first-order valence-electron chi connectivity index (χ1n) is 5.71. The first kappa shape index (κ1) is 15.3. The monoisotopic (exact) mass is 367 g/mol. The first-order valence-corrected chi connectivity index (χ1v) is 7.32. The second-order valence-electron chi connectivity index (χ2n) is 3.96. The maximum absolute atomic E-state index is 11.2. The van der Waals surface area contributed by atoms with Crippen LogP contribution in [-0.4, -0.2) is 16.0 Å². The average molecular weight is 368 g/mol. The Morgan fingerprint density at radius 3 is 2.62 bits per heavy atom. The molecule has 21 heavy (non-hydrogen) atoms. The highest BCUT2D eigenvalue weighted by atomic mass is 79.9. The molecule has 0 amide bonds. The third-order valence-electron chi connectivity index (χ3n) is 2.62. The van der Waals surface area contributed by atoms with Crippen molar-refractivity contribution in [2.24, 2.45) is 10.9 Å². The van der Waals surface area contributed by atoms with Gasteiger partial charge in [0.05, 0.1) is 9.82 Å². The topological polar surface area (TPSA) is 102 Å². The van der Waals surface area contributed by atoms with Gasteiger partial charge in [0.1, 0.15) is 0 Å². The molecule has 0 fully saturated rings. The van der Waals surface area contributed by atoms with Crippen molar-refractivity contribution in [1.29, 1.82) is 0 Å². The van der Waals surface area contributed by atoms with Crippen molar-refractivity contribution < 1.29 is 10.1 Å². The summed E-state index contributed by atoms with van der Waals surface area (Å²) in [4.78, 5) is 12.0. The maximum Gasteiger partial charge on any atom is 0.283 e. The summed E-state index contributed by atoms with van der Waals surface area (Å²) in [5.41, 5.74) is 5.65. The van der Waals surface area contributed by atoms with Gasteiger partial charge in [0, 0.05) is 21.0 Å². The van der Waals surface area contributed by atoms with Crippen LogP contribution in [0.5, 0.6) is 0 Å². The first-order chi connectivity index (χ1) is 10.0. The molecule has 2 aromatic rings. The smallest absolute Gasteiger partial charge is 0.283 e. The Labute approximate surface area is 132 Å². The summed E-state index contributed by atoms with van der Waals surface area (Å²) in [6.07, 6.45) is 0. The van der Waals surface area contributed by atoms with Crippen molar-refractivity contribution in [1.82, 2.24) is 0 Å². The predicted molar refractivity (Wildman–Crippen MR) is 83.9 cm³/mol. The second-order valence-corrected chi connectivity index (χ2v) is 5.90. The minimum atomic E-state index is -0.493. The molecule has 0 saturated heterocycles. The summed E-state index contributed by atoms with van der Waals surface area (Å²) in [6.45, 7) is 0. The van der Waals surface area contributed by atoms with E-state index in [0.29, 0.717) is 10.5 Å². The number of benzene rings is 2. The van der Waals surface area contributed by atoms with Gasteiger partial charge in [-0.15, -0.1) is 0 Å². The number of nitro groups is 1. The molecular weight excluding hydrogens is 358 g/mol. The zero-order valence-corrected chi connectivity index (χ0v) is 13.0. The van der Waals surface area contributed by atoms with Gasteiger partial charge in [0.25, 0.3) is 5.69 Å². The van der Waals surface area contributed by atoms with Crippen LogP contribution in [0.25, 0.3) is 0 Å². The van der Waals surface area contributed by atoms with Crippen molar-refractivity contribution in [2.45, 2.75) is 9.79 Å². The van der Waals surface area contributed by atoms with Crippen LogP contribution >= 0.6 is 27.7 Å². The van der Waals surface area contributed by atoms with Gasteiger partial charge in [-0.2, -0.15) is 0 Å². The van der Waals surface area contributed by atoms with Crippen LogP contribution in [-0.2, 0) is 0 Å². The van der Waals surface area contributed by atoms with Gasteiger partial charge >= 0.3 is 0 Å². The van der Waals surface area contributed by atoms with Crippen LogP contribution in [0, 0.1) is 10.1 Å². The maximum atomic E-state index is 11.2. The Morgan fingerprint density at radius 1 is 1.29 bits per heavy atom. The molecular formula is C13H10BrN3O3S. The fourth-order valence-electron chi connectivity index (χ4n) is 1.61. The molecule has 0 atom stereocenters. The van der Waals surface area contributed by atoms with Crippen LogP contribution in [0.2, 0.25) is 0 Å². The summed E-state index contributed by atoms with van der Waals surface area (Å²) in [5.74, 6) is -0.171. The highest BCUT2D eigenvalue weighted by molar-refractivity contribution is 9.10. The highest BCUT2D eigenvalue weighted by Gasteiger charge is 2.17. The van der Waals surface area contributed by atoms with E-state index in [2.05, 4.69) is 21.1 Å². The highest BCUT2D eigenvalue weighted by Crippen LogP contribution is 2.38. The van der Waals surface area contributed by atoms with Gasteiger partial charge in [-0.1, -0.05) is 29.1 Å². The number of hydrogen-bond acceptors (Lipinski definition) is 5. The van der Waals surface area contributed by atoms with E-state index in [0.717, 1.165) is 9.37 Å². The molecule has 2 aromatic carbocycles. The van der Waals surface area contributed by atoms with Crippen LogP contribution in [0.3, 0.4) is 0 Å². The van der Waals surface area contributed by atoms with Crippen LogP contribution < -0.4 is 5.73 Å². The summed E-state index contributed by atoms with van der Waals surface area (Å²) < 4.78 is 0.852. The van der Waals surface area contributed by atoms with E-state index < -0.39 is 4.92 Å². The molecule has 6 nitrogen and oxygen atoms in total. The van der Waals surface area contributed by atoms with Gasteiger partial charge in [-0.3, -0.25) is 10.1 Å². The molecule has 0 bridgehead atoms. The van der Waals surface area contributed by atoms with Gasteiger partial charge in [0.2, 0.25) is 0 Å². The number of amidine groups is 1. The molecule has 0 heterocycles. The number of rotatable bonds is 4. The van der Waals surface area contributed by atoms with E-state index >= 15 is 0 Å². The molecule has 0 radical (unpaired) electrons. The SMILES string of the molecule is NC(=NO)c1ccc(Sc2ccccc2Br)c([N+](=O)[O-])c1. The molecule has 0 aromatic heterocycles. The predicted octanol–water partition coefficient (Wildman–Crippen LogP) is 3.60. The number of nitrogens with two attached hydrogens (primary N) is 1. The Kier molecular flexibility index (Phi) is 4.81. The minimum Gasteiger partial charge on any atom is -0.409 e. The third kappa shape index (κ3) is 3.53. The third-order valence-corrected chi connectivity index (χ3v) is 4.71. The largest absolute Gasteiger partial charge is 0.409 e. The van der Waals surface area contributed by atoms with Crippen molar-refractivity contribution in [2.75, 3.05) is 0 Å². The molecule has 2 rings (SSSR count). The summed E-state index contributed by atoms with van der Waals surface area (Å²) in [6, 6.07) is 11.9. The van der Waals surface area contributed by atoms with E-state index in [1.807, 2.05) is 24.3 Å². The Bertz CT molecular complexity index is 722. The van der Waals surface area contributed by atoms with E-state index in [1.54, 1.807) is 12.1 Å². The Balaban J connectivity index is 2.44. The summed E-state index contributed by atoms with van der Waals surface area (Å²) >= 11 is 4.67. The minimum absolute atomic E-state index is 0.0974. The van der Waals surface area contributed by atoms with E-state index in [9.17, 15) is 10.1 Å². The zero-order valence-electron chi connectivity index (χ0n) is 10.6. The lowest BCUT2D eigenvalue weighted by Crippen LogP contribution is -2.13. The molecule has 0 unspecified atom stereocenters. The van der Waals surface area contributed by atoms with E-state index in [1.165, 1.54) is 17.8 Å². The number of oxime groups is 1. The van der Waals surface area contributed by atoms with Gasteiger partial charge in [-0.25, -0.2) is 0 Å². The molecule has 3 N–H and O–H groups in total. The quantitative estimate of drug-likeness (QED) is 0.282. The summed E-state index contributed by atoms with van der Waals surface area (Å²) in [5, 5.41) is 22.7. The lowest BCUT2D eigenvalue weighted by atomic mass is 10.2. The zero-order chi connectivity index (χ0) is 15.4. The lowest BCUT2D eigenvalue weighted by Gasteiger charge is -2.06. The number of halogens is 1. The number of nitro benzene ring substituents is 1. The number of hydrogen-bond donors (Lipinski definition) is 2. The molecule has 0 aliphatic carbocycles. The standard InChI is InChI=1S/C13H10BrN3O3S/c14-9-3-1-2-4-11(9)21-12-6-5-8(13(15)16-18)7-10(12)17(19)20/h1-7,18H,(H2,15,16). The van der Waals surface area contributed by atoms with E-state index in [-0.39, 0.29) is 11.5 Å². The molecule has 0 saturated carbocycles. The van der Waals surface area contributed by atoms with Crippen molar-refractivity contribution in [3.8, 4) is 0 Å². The molecule has 108 valence electrons. The lowest BCUT2D eigenvalue weighted by molar-refractivity contribution is -0.387. The molecule has 8 heteroatoms. The fraction of sp³-hybridized carbons (Fsp3) is 0. The van der Waals surface area contributed by atoms with Crippen LogP contribution in [0.15, 0.2) is 61.9 Å². The number of nitrogens with zero attached hydrogens (tertiary/aromatic N) is 2. The molecule has 0 aliphatic rings. The Morgan fingerprint density at radius 2 is 2.00 bits per heavy atom. The Hall–Kier alpha value is -2.06. The van der Waals surface area contributed by atoms with Crippen molar-refractivity contribution in [3.63, 3.8) is 0 Å². The normalized spacial score (nSPS) is 11.4. The second kappa shape index (κ2) is 6.59. The van der Waals surface area contributed by atoms with Gasteiger partial charge in [0.15, 0.2) is 5.84 Å². The van der Waals surface area contributed by atoms with Crippen molar-refractivity contribution >= 4 is 39.2 Å². The van der Waals surface area contributed by atoms with E-state index in [4.69, 9.17) is 10.9 Å². The van der Waals surface area contributed by atoms with Crippen LogP contribution in [0.1, 0.15) is 5.56 Å². The molecule has 0 spiro atoms. The fourth-order valence-corrected chi connectivity index (χ4v) is 3.06. The van der Waals surface area contributed by atoms with Crippen molar-refractivity contribution in [3.05, 3.63) is 62.6 Å². The average Bonchev–Trinajstić information content (AvgIpc) is 2.49. The van der Waals surface area contributed by atoms with Gasteiger partial charge < -0.3 is 10.9 Å². The summed E-state index contributed by atoms with van der Waals surface area (Å²) in [7, 11) is 0. The van der Waals surface area contributed by atoms with Crippen LogP contribution in [0.4, 0.5) is 5.69 Å². The van der Waals surface area contributed by atoms with Gasteiger partial charge in [-0.05, 0) is 40.2 Å². The molecule has 0 aliphatic heterocycles.